The summed E-state index contributed by atoms with van der Waals surface area (Å²) in [6, 6.07) is 0. The van der Waals surface area contributed by atoms with E-state index in [4.69, 9.17) is 9.84 Å². The molecule has 1 aliphatic heterocycles. The summed E-state index contributed by atoms with van der Waals surface area (Å²) < 4.78 is 5.31. The Kier molecular flexibility index (Phi) is 2.97. The molecule has 1 N–H and O–H groups in total. The van der Waals surface area contributed by atoms with E-state index in [-0.39, 0.29) is 6.61 Å². The van der Waals surface area contributed by atoms with Crippen molar-refractivity contribution >= 4 is 11.9 Å². The van der Waals surface area contributed by atoms with Crippen molar-refractivity contribution in [3.8, 4) is 0 Å². The Morgan fingerprint density at radius 1 is 1.53 bits per heavy atom. The Hall–Kier alpha value is -1.69. The zero-order valence-electron chi connectivity index (χ0n) is 9.88. The Bertz CT molecular complexity index is 412. The summed E-state index contributed by atoms with van der Waals surface area (Å²) in [5.41, 5.74) is 0.603. The minimum Gasteiger partial charge on any atom is -0.480 e. The molecule has 0 bridgehead atoms. The molecular formula is C11H15N3O3. The van der Waals surface area contributed by atoms with Crippen LogP contribution < -0.4 is 4.90 Å². The average Bonchev–Trinajstić information content (AvgIpc) is 2.24. The van der Waals surface area contributed by atoms with E-state index in [0.717, 1.165) is 5.56 Å². The Labute approximate surface area is 99.2 Å². The molecule has 0 spiro atoms. The largest absolute Gasteiger partial charge is 0.480 e. The van der Waals surface area contributed by atoms with Gasteiger partial charge in [-0.2, -0.15) is 0 Å². The van der Waals surface area contributed by atoms with Crippen LogP contribution >= 0.6 is 0 Å². The van der Waals surface area contributed by atoms with Crippen LogP contribution in [0.2, 0.25) is 0 Å². The Balaban J connectivity index is 1.89. The standard InChI is InChI=1S/C11H15N3O3/c1-8-3-12-10(13-4-8)14-6-11(2,7-14)17-5-9(15)16/h3-4H,5-7H2,1-2H3,(H,15,16). The summed E-state index contributed by atoms with van der Waals surface area (Å²) >= 11 is 0. The van der Waals surface area contributed by atoms with Crippen molar-refractivity contribution in [2.45, 2.75) is 19.4 Å². The second-order valence-electron chi connectivity index (χ2n) is 4.55. The monoisotopic (exact) mass is 237 g/mol. The Morgan fingerprint density at radius 3 is 2.65 bits per heavy atom. The molecule has 0 radical (unpaired) electrons. The highest BCUT2D eigenvalue weighted by molar-refractivity contribution is 5.68. The second-order valence-corrected chi connectivity index (χ2v) is 4.55. The van der Waals surface area contributed by atoms with Gasteiger partial charge in [0.05, 0.1) is 13.1 Å². The number of aryl methyl sites for hydroxylation is 1. The first-order valence-corrected chi connectivity index (χ1v) is 5.38. The van der Waals surface area contributed by atoms with Crippen molar-refractivity contribution in [1.29, 1.82) is 0 Å². The summed E-state index contributed by atoms with van der Waals surface area (Å²) in [5.74, 6) is -0.289. The van der Waals surface area contributed by atoms with E-state index >= 15 is 0 Å². The normalized spacial score (nSPS) is 17.6. The Morgan fingerprint density at radius 2 is 2.12 bits per heavy atom. The van der Waals surface area contributed by atoms with Gasteiger partial charge in [0, 0.05) is 12.4 Å². The van der Waals surface area contributed by atoms with Crippen LogP contribution in [0.25, 0.3) is 0 Å². The fraction of sp³-hybridized carbons (Fsp3) is 0.545. The van der Waals surface area contributed by atoms with Gasteiger partial charge in [0.1, 0.15) is 12.2 Å². The summed E-state index contributed by atoms with van der Waals surface area (Å²) in [7, 11) is 0. The van der Waals surface area contributed by atoms with Crippen molar-refractivity contribution in [2.24, 2.45) is 0 Å². The van der Waals surface area contributed by atoms with Crippen molar-refractivity contribution < 1.29 is 14.6 Å². The molecule has 17 heavy (non-hydrogen) atoms. The molecule has 0 saturated carbocycles. The molecule has 6 heteroatoms. The van der Waals surface area contributed by atoms with E-state index < -0.39 is 11.6 Å². The van der Waals surface area contributed by atoms with Gasteiger partial charge in [0.2, 0.25) is 5.95 Å². The lowest BCUT2D eigenvalue weighted by atomic mass is 9.97. The quantitative estimate of drug-likeness (QED) is 0.820. The lowest BCUT2D eigenvalue weighted by Gasteiger charge is -2.47. The van der Waals surface area contributed by atoms with Crippen LogP contribution in [0.1, 0.15) is 12.5 Å². The predicted molar refractivity (Wildman–Crippen MR) is 61.0 cm³/mol. The van der Waals surface area contributed by atoms with Gasteiger partial charge in [-0.1, -0.05) is 0 Å². The molecular weight excluding hydrogens is 222 g/mol. The molecule has 0 unspecified atom stereocenters. The number of carboxylic acids is 1. The van der Waals surface area contributed by atoms with Gasteiger partial charge >= 0.3 is 5.97 Å². The summed E-state index contributed by atoms with van der Waals surface area (Å²) in [6.07, 6.45) is 3.52. The first-order chi connectivity index (χ1) is 7.98. The topological polar surface area (TPSA) is 75.6 Å². The fourth-order valence-electron chi connectivity index (χ4n) is 1.78. The van der Waals surface area contributed by atoms with Gasteiger partial charge in [0.15, 0.2) is 0 Å². The third-order valence-electron chi connectivity index (χ3n) is 2.64. The molecule has 1 aliphatic rings. The van der Waals surface area contributed by atoms with Gasteiger partial charge in [-0.25, -0.2) is 14.8 Å². The third-order valence-corrected chi connectivity index (χ3v) is 2.64. The van der Waals surface area contributed by atoms with Crippen LogP contribution in [0, 0.1) is 6.92 Å². The van der Waals surface area contributed by atoms with Crippen LogP contribution in [0.5, 0.6) is 0 Å². The maximum atomic E-state index is 10.4. The SMILES string of the molecule is Cc1cnc(N2CC(C)(OCC(=O)O)C2)nc1. The van der Waals surface area contributed by atoms with Gasteiger partial charge in [0.25, 0.3) is 0 Å². The lowest BCUT2D eigenvalue weighted by Crippen LogP contribution is -2.62. The minimum absolute atomic E-state index is 0.265. The number of ether oxygens (including phenoxy) is 1. The number of aliphatic carboxylic acids is 1. The highest BCUT2D eigenvalue weighted by Gasteiger charge is 2.41. The zero-order chi connectivity index (χ0) is 12.5. The van der Waals surface area contributed by atoms with Gasteiger partial charge in [-0.15, -0.1) is 0 Å². The fourth-order valence-corrected chi connectivity index (χ4v) is 1.78. The summed E-state index contributed by atoms with van der Waals surface area (Å²) in [5, 5.41) is 8.55. The lowest BCUT2D eigenvalue weighted by molar-refractivity contribution is -0.150. The number of rotatable bonds is 4. The number of carbonyl (C=O) groups is 1. The molecule has 1 fully saturated rings. The predicted octanol–water partition coefficient (Wildman–Crippen LogP) is 0.465. The van der Waals surface area contributed by atoms with Crippen LogP contribution in [-0.2, 0) is 9.53 Å². The number of carboxylic acid groups (broad SMARTS) is 1. The first-order valence-electron chi connectivity index (χ1n) is 5.38. The van der Waals surface area contributed by atoms with Gasteiger partial charge in [-0.05, 0) is 19.4 Å². The molecule has 2 rings (SSSR count). The molecule has 2 heterocycles. The van der Waals surface area contributed by atoms with Crippen molar-refractivity contribution in [3.63, 3.8) is 0 Å². The minimum atomic E-state index is -0.948. The highest BCUT2D eigenvalue weighted by Crippen LogP contribution is 2.27. The summed E-state index contributed by atoms with van der Waals surface area (Å²) in [6.45, 7) is 4.78. The second kappa shape index (κ2) is 4.29. The first kappa shape index (κ1) is 11.8. The van der Waals surface area contributed by atoms with Gasteiger partial charge < -0.3 is 14.7 Å². The van der Waals surface area contributed by atoms with Crippen molar-refractivity contribution in [1.82, 2.24) is 9.97 Å². The van der Waals surface area contributed by atoms with Crippen LogP contribution in [0.4, 0.5) is 5.95 Å². The van der Waals surface area contributed by atoms with Crippen molar-refractivity contribution in [2.75, 3.05) is 24.6 Å². The number of aromatic nitrogens is 2. The van der Waals surface area contributed by atoms with Crippen LogP contribution in [0.3, 0.4) is 0 Å². The van der Waals surface area contributed by atoms with Gasteiger partial charge in [-0.3, -0.25) is 0 Å². The molecule has 92 valence electrons. The molecule has 0 amide bonds. The number of hydrogen-bond donors (Lipinski definition) is 1. The van der Waals surface area contributed by atoms with E-state index in [1.165, 1.54) is 0 Å². The maximum Gasteiger partial charge on any atom is 0.329 e. The van der Waals surface area contributed by atoms with E-state index in [1.807, 2.05) is 18.7 Å². The van der Waals surface area contributed by atoms with E-state index in [0.29, 0.717) is 19.0 Å². The summed E-state index contributed by atoms with van der Waals surface area (Å²) in [4.78, 5) is 20.8. The molecule has 0 aliphatic carbocycles. The molecule has 6 nitrogen and oxygen atoms in total. The molecule has 1 aromatic rings. The highest BCUT2D eigenvalue weighted by atomic mass is 16.5. The number of hydrogen-bond acceptors (Lipinski definition) is 5. The van der Waals surface area contributed by atoms with Crippen LogP contribution in [0.15, 0.2) is 12.4 Å². The number of anilines is 1. The third kappa shape index (κ3) is 2.71. The molecule has 1 saturated heterocycles. The zero-order valence-corrected chi connectivity index (χ0v) is 9.88. The average molecular weight is 237 g/mol. The molecule has 0 aromatic carbocycles. The van der Waals surface area contributed by atoms with E-state index in [2.05, 4.69) is 9.97 Å². The van der Waals surface area contributed by atoms with E-state index in [1.54, 1.807) is 12.4 Å². The number of nitrogens with zero attached hydrogens (tertiary/aromatic N) is 3. The van der Waals surface area contributed by atoms with Crippen LogP contribution in [-0.4, -0.2) is 46.3 Å². The molecule has 1 aromatic heterocycles. The maximum absolute atomic E-state index is 10.4. The smallest absolute Gasteiger partial charge is 0.329 e. The van der Waals surface area contributed by atoms with E-state index in [9.17, 15) is 4.79 Å². The molecule has 0 atom stereocenters. The van der Waals surface area contributed by atoms with Crippen molar-refractivity contribution in [3.05, 3.63) is 18.0 Å².